The Bertz CT molecular complexity index is 1360. The molecule has 3 aromatic carbocycles. The second kappa shape index (κ2) is 11.3. The quantitative estimate of drug-likeness (QED) is 0.0776. The number of ether oxygens (including phenoxy) is 2. The minimum absolute atomic E-state index is 0.0689. The third-order valence-corrected chi connectivity index (χ3v) is 5.19. The van der Waals surface area contributed by atoms with Crippen LogP contribution in [0.15, 0.2) is 78.9 Å². The molecular weight excluding hydrogens is 512 g/mol. The minimum atomic E-state index is -4.96. The molecule has 0 saturated heterocycles. The summed E-state index contributed by atoms with van der Waals surface area (Å²) in [5.74, 6) is -0.193. The Morgan fingerprint density at radius 1 is 0.895 bits per heavy atom. The van der Waals surface area contributed by atoms with Crippen molar-refractivity contribution >= 4 is 17.6 Å². The van der Waals surface area contributed by atoms with E-state index in [1.807, 2.05) is 6.07 Å². The normalized spacial score (nSPS) is 12.0. The fraction of sp³-hybridized carbons (Fsp3) is 0.143. The SMILES string of the molecule is C=C(C)C(=O)OCOc1ccc(/C=C(\C#N)c2ccc(-c3cc(C(F)(F)F)cc(C(F)(F)F)c3)cc2)cc1. The molecule has 0 aliphatic carbocycles. The number of hydrogen-bond donors (Lipinski definition) is 0. The number of nitriles is 1. The van der Waals surface area contributed by atoms with Gasteiger partial charge in [0.1, 0.15) is 5.75 Å². The lowest BCUT2D eigenvalue weighted by Crippen LogP contribution is -2.11. The van der Waals surface area contributed by atoms with Crippen LogP contribution in [0, 0.1) is 11.3 Å². The Hall–Kier alpha value is -4.52. The summed E-state index contributed by atoms with van der Waals surface area (Å²) in [6.45, 7) is 4.64. The average Bonchev–Trinajstić information content (AvgIpc) is 2.87. The van der Waals surface area contributed by atoms with Crippen molar-refractivity contribution in [1.29, 1.82) is 5.26 Å². The molecule has 3 rings (SSSR count). The van der Waals surface area contributed by atoms with E-state index in [2.05, 4.69) is 6.58 Å². The van der Waals surface area contributed by atoms with Crippen molar-refractivity contribution in [3.63, 3.8) is 0 Å². The Morgan fingerprint density at radius 2 is 1.45 bits per heavy atom. The Balaban J connectivity index is 1.81. The van der Waals surface area contributed by atoms with Crippen molar-refractivity contribution in [1.82, 2.24) is 0 Å². The van der Waals surface area contributed by atoms with E-state index in [0.717, 1.165) is 0 Å². The number of carbonyl (C=O) groups is 1. The summed E-state index contributed by atoms with van der Waals surface area (Å²) in [5, 5.41) is 9.60. The van der Waals surface area contributed by atoms with Crippen LogP contribution in [0.25, 0.3) is 22.8 Å². The number of rotatable bonds is 7. The van der Waals surface area contributed by atoms with Gasteiger partial charge in [-0.3, -0.25) is 0 Å². The van der Waals surface area contributed by atoms with E-state index in [1.54, 1.807) is 30.3 Å². The Labute approximate surface area is 214 Å². The summed E-state index contributed by atoms with van der Waals surface area (Å²) in [6, 6.07) is 15.4. The van der Waals surface area contributed by atoms with Crippen LogP contribution in [-0.2, 0) is 21.9 Å². The van der Waals surface area contributed by atoms with E-state index in [4.69, 9.17) is 9.47 Å². The third kappa shape index (κ3) is 7.26. The molecule has 0 aliphatic heterocycles. The largest absolute Gasteiger partial charge is 0.457 e. The molecule has 0 aliphatic rings. The first-order valence-corrected chi connectivity index (χ1v) is 10.9. The van der Waals surface area contributed by atoms with Crippen LogP contribution in [0.4, 0.5) is 26.3 Å². The number of benzene rings is 3. The maximum Gasteiger partial charge on any atom is 0.416 e. The maximum atomic E-state index is 13.2. The Kier molecular flexibility index (Phi) is 8.31. The smallest absolute Gasteiger partial charge is 0.416 e. The molecule has 0 unspecified atom stereocenters. The van der Waals surface area contributed by atoms with Crippen LogP contribution >= 0.6 is 0 Å². The fourth-order valence-corrected chi connectivity index (χ4v) is 3.25. The van der Waals surface area contributed by atoms with Gasteiger partial charge < -0.3 is 9.47 Å². The monoisotopic (exact) mass is 531 g/mol. The van der Waals surface area contributed by atoms with Gasteiger partial charge in [0.15, 0.2) is 0 Å². The zero-order chi connectivity index (χ0) is 28.1. The van der Waals surface area contributed by atoms with Crippen LogP contribution in [0.1, 0.15) is 29.2 Å². The number of halogens is 6. The summed E-state index contributed by atoms with van der Waals surface area (Å²) >= 11 is 0. The molecule has 0 radical (unpaired) electrons. The number of esters is 1. The molecule has 196 valence electrons. The molecular formula is C28H19F6NO3. The van der Waals surface area contributed by atoms with Gasteiger partial charge in [0.05, 0.1) is 22.8 Å². The van der Waals surface area contributed by atoms with Gasteiger partial charge in [0, 0.05) is 5.57 Å². The highest BCUT2D eigenvalue weighted by atomic mass is 19.4. The van der Waals surface area contributed by atoms with Crippen LogP contribution in [0.5, 0.6) is 5.75 Å². The van der Waals surface area contributed by atoms with Gasteiger partial charge in [-0.1, -0.05) is 43.0 Å². The molecule has 0 atom stereocenters. The summed E-state index contributed by atoms with van der Waals surface area (Å²) in [5.41, 5.74) is -1.50. The van der Waals surface area contributed by atoms with Crippen molar-refractivity contribution < 1.29 is 40.6 Å². The molecule has 10 heteroatoms. The second-order valence-electron chi connectivity index (χ2n) is 8.09. The topological polar surface area (TPSA) is 59.3 Å². The van der Waals surface area contributed by atoms with Crippen molar-refractivity contribution in [3.05, 3.63) is 101 Å². The van der Waals surface area contributed by atoms with E-state index < -0.39 is 29.4 Å². The molecule has 0 saturated carbocycles. The molecule has 0 bridgehead atoms. The van der Waals surface area contributed by atoms with E-state index in [0.29, 0.717) is 29.0 Å². The van der Waals surface area contributed by atoms with Crippen molar-refractivity contribution in [2.24, 2.45) is 0 Å². The predicted molar refractivity (Wildman–Crippen MR) is 128 cm³/mol. The van der Waals surface area contributed by atoms with Gasteiger partial charge in [0.25, 0.3) is 0 Å². The first kappa shape index (κ1) is 28.1. The number of allylic oxidation sites excluding steroid dienone is 1. The van der Waals surface area contributed by atoms with Crippen LogP contribution in [0.2, 0.25) is 0 Å². The van der Waals surface area contributed by atoms with Crippen LogP contribution in [-0.4, -0.2) is 12.8 Å². The molecule has 38 heavy (non-hydrogen) atoms. The maximum absolute atomic E-state index is 13.2. The number of alkyl halides is 6. The highest BCUT2D eigenvalue weighted by Crippen LogP contribution is 2.38. The predicted octanol–water partition coefficient (Wildman–Crippen LogP) is 7.91. The molecule has 0 heterocycles. The molecule has 0 spiro atoms. The number of nitrogens with zero attached hydrogens (tertiary/aromatic N) is 1. The average molecular weight is 531 g/mol. The number of hydrogen-bond acceptors (Lipinski definition) is 4. The van der Waals surface area contributed by atoms with Crippen molar-refractivity contribution in [2.45, 2.75) is 19.3 Å². The van der Waals surface area contributed by atoms with Crippen LogP contribution < -0.4 is 4.74 Å². The van der Waals surface area contributed by atoms with Crippen molar-refractivity contribution in [3.8, 4) is 22.9 Å². The summed E-state index contributed by atoms with van der Waals surface area (Å²) in [7, 11) is 0. The van der Waals surface area contributed by atoms with E-state index in [1.165, 1.54) is 31.2 Å². The van der Waals surface area contributed by atoms with Crippen molar-refractivity contribution in [2.75, 3.05) is 6.79 Å². The fourth-order valence-electron chi connectivity index (χ4n) is 3.25. The zero-order valence-corrected chi connectivity index (χ0v) is 19.8. The Morgan fingerprint density at radius 3 is 1.92 bits per heavy atom. The van der Waals surface area contributed by atoms with Gasteiger partial charge in [-0.25, -0.2) is 4.79 Å². The first-order chi connectivity index (χ1) is 17.8. The molecule has 3 aromatic rings. The van der Waals surface area contributed by atoms with E-state index >= 15 is 0 Å². The van der Waals surface area contributed by atoms with Gasteiger partial charge >= 0.3 is 18.3 Å². The van der Waals surface area contributed by atoms with Gasteiger partial charge in [-0.2, -0.15) is 31.6 Å². The summed E-state index contributed by atoms with van der Waals surface area (Å²) < 4.78 is 89.2. The first-order valence-electron chi connectivity index (χ1n) is 10.9. The zero-order valence-electron chi connectivity index (χ0n) is 19.8. The molecule has 0 aromatic heterocycles. The van der Waals surface area contributed by atoms with E-state index in [9.17, 15) is 36.4 Å². The third-order valence-electron chi connectivity index (χ3n) is 5.19. The minimum Gasteiger partial charge on any atom is -0.457 e. The van der Waals surface area contributed by atoms with E-state index in [-0.39, 0.29) is 35.1 Å². The lowest BCUT2D eigenvalue weighted by molar-refractivity contribution is -0.145. The summed E-state index contributed by atoms with van der Waals surface area (Å²) in [4.78, 5) is 11.4. The molecule has 0 fully saturated rings. The molecule has 4 nitrogen and oxygen atoms in total. The van der Waals surface area contributed by atoms with Gasteiger partial charge in [-0.15, -0.1) is 0 Å². The molecule has 0 N–H and O–H groups in total. The van der Waals surface area contributed by atoms with Gasteiger partial charge in [0.2, 0.25) is 6.79 Å². The standard InChI is InChI=1S/C28H19F6NO3/c1-17(2)26(36)38-16-37-25-9-3-18(4-10-25)11-22(15-35)20-7-5-19(6-8-20)21-12-23(27(29,30)31)14-24(13-21)28(32,33)34/h3-14H,1,16H2,2H3/b22-11+. The lowest BCUT2D eigenvalue weighted by atomic mass is 9.96. The molecule has 0 amide bonds. The second-order valence-corrected chi connectivity index (χ2v) is 8.09. The highest BCUT2D eigenvalue weighted by molar-refractivity contribution is 5.90. The lowest BCUT2D eigenvalue weighted by Gasteiger charge is -2.14. The summed E-state index contributed by atoms with van der Waals surface area (Å²) in [6.07, 6.45) is -8.36. The number of carbonyl (C=O) groups excluding carboxylic acids is 1. The highest BCUT2D eigenvalue weighted by Gasteiger charge is 2.37. The van der Waals surface area contributed by atoms with Crippen LogP contribution in [0.3, 0.4) is 0 Å². The van der Waals surface area contributed by atoms with Gasteiger partial charge in [-0.05, 0) is 65.6 Å².